The summed E-state index contributed by atoms with van der Waals surface area (Å²) in [4.78, 5) is 51.3. The Bertz CT molecular complexity index is 1520. The number of unbranched alkanes of at least 4 members (excludes halogenated alkanes) is 1. The van der Waals surface area contributed by atoms with Crippen LogP contribution in [0.4, 0.5) is 36.7 Å². The fraction of sp³-hybridized carbons (Fsp3) is 0.618. The van der Waals surface area contributed by atoms with E-state index in [0.29, 0.717) is 36.7 Å². The van der Waals surface area contributed by atoms with Gasteiger partial charge < -0.3 is 34.8 Å². The highest BCUT2D eigenvalue weighted by atomic mass is 19.3. The number of nitrogens with one attached hydrogen (secondary N) is 2. The molecule has 12 nitrogen and oxygen atoms in total. The van der Waals surface area contributed by atoms with Gasteiger partial charge in [0, 0.05) is 43.2 Å². The van der Waals surface area contributed by atoms with Gasteiger partial charge in [0.05, 0.1) is 32.1 Å². The summed E-state index contributed by atoms with van der Waals surface area (Å²) in [6, 6.07) is 4.89. The van der Waals surface area contributed by atoms with E-state index < -0.39 is 18.4 Å². The Morgan fingerprint density at radius 1 is 1.08 bits per heavy atom. The van der Waals surface area contributed by atoms with Crippen molar-refractivity contribution in [3.63, 3.8) is 0 Å². The van der Waals surface area contributed by atoms with Gasteiger partial charge >= 0.3 is 12.0 Å². The second-order valence-corrected chi connectivity index (χ2v) is 13.6. The topological polar surface area (TPSA) is 129 Å². The third kappa shape index (κ3) is 6.84. The number of halogens is 2. The minimum Gasteiger partial charge on any atom is -0.495 e. The second kappa shape index (κ2) is 13.7. The van der Waals surface area contributed by atoms with Crippen LogP contribution in [-0.4, -0.2) is 91.2 Å². The minimum absolute atomic E-state index is 0.0330. The molecule has 0 atom stereocenters. The fourth-order valence-corrected chi connectivity index (χ4v) is 7.41. The van der Waals surface area contributed by atoms with E-state index in [1.165, 1.54) is 20.4 Å². The average Bonchev–Trinajstić information content (AvgIpc) is 3.59. The molecule has 4 aliphatic rings. The summed E-state index contributed by atoms with van der Waals surface area (Å²) >= 11 is 0. The summed E-state index contributed by atoms with van der Waals surface area (Å²) in [6.45, 7) is 3.19. The summed E-state index contributed by atoms with van der Waals surface area (Å²) in [5.41, 5.74) is 1.26. The summed E-state index contributed by atoms with van der Waals surface area (Å²) in [5, 5.41) is 6.27. The number of methoxy groups -OCH3 is 1. The van der Waals surface area contributed by atoms with Gasteiger partial charge in [0.2, 0.25) is 5.95 Å². The largest absolute Gasteiger partial charge is 0.495 e. The first kappa shape index (κ1) is 33.7. The minimum atomic E-state index is -3.56. The molecule has 3 fully saturated rings. The zero-order valence-electron chi connectivity index (χ0n) is 27.9. The van der Waals surface area contributed by atoms with Crippen molar-refractivity contribution in [1.82, 2.24) is 20.2 Å². The van der Waals surface area contributed by atoms with Crippen molar-refractivity contribution >= 4 is 41.0 Å². The van der Waals surface area contributed by atoms with Crippen LogP contribution in [0, 0.1) is 5.41 Å². The number of aromatic nitrogens is 2. The molecule has 6 rings (SSSR count). The molecule has 1 aromatic carbocycles. The number of fused-ring (bicyclic) bond motifs is 1. The van der Waals surface area contributed by atoms with Crippen molar-refractivity contribution in [2.75, 3.05) is 55.5 Å². The molecule has 0 unspecified atom stereocenters. The van der Waals surface area contributed by atoms with Crippen molar-refractivity contribution in [3.8, 4) is 5.75 Å². The molecule has 0 radical (unpaired) electrons. The quantitative estimate of drug-likeness (QED) is 0.333. The van der Waals surface area contributed by atoms with Crippen LogP contribution in [0.25, 0.3) is 0 Å². The standard InChI is InChI=1S/C34H45F2N7O5/c1-4-5-16-48-32(46)42-19-33(20-42)14-12-23(13-15-33)38-29(44)22-10-11-25(27(17-22)47-3)39-31-37-18-26-28(40-31)43(24-8-6-7-9-24)21-34(35,36)30(45)41(26)2/h10-11,17-18,23-24H,4-9,12-16,19-21H2,1-3H3,(H,38,44)(H,37,39,40). The number of carbonyl (C=O) groups is 3. The van der Waals surface area contributed by atoms with Crippen molar-refractivity contribution in [2.24, 2.45) is 5.41 Å². The smallest absolute Gasteiger partial charge is 0.409 e. The lowest BCUT2D eigenvalue weighted by molar-refractivity contribution is -0.140. The number of amides is 3. The Morgan fingerprint density at radius 2 is 1.81 bits per heavy atom. The lowest BCUT2D eigenvalue weighted by atomic mass is 9.67. The first-order valence-corrected chi connectivity index (χ1v) is 17.0. The fourth-order valence-electron chi connectivity index (χ4n) is 7.41. The maximum absolute atomic E-state index is 14.9. The molecule has 2 N–H and O–H groups in total. The molecule has 2 aliphatic heterocycles. The van der Waals surface area contributed by atoms with Crippen LogP contribution in [0.3, 0.4) is 0 Å². The van der Waals surface area contributed by atoms with Crippen molar-refractivity contribution < 1.29 is 32.6 Å². The molecule has 14 heteroatoms. The molecule has 2 saturated carbocycles. The highest BCUT2D eigenvalue weighted by Crippen LogP contribution is 2.44. The van der Waals surface area contributed by atoms with Gasteiger partial charge in [-0.05, 0) is 63.1 Å². The second-order valence-electron chi connectivity index (χ2n) is 13.6. The maximum Gasteiger partial charge on any atom is 0.409 e. The van der Waals surface area contributed by atoms with E-state index >= 15 is 0 Å². The highest BCUT2D eigenvalue weighted by molar-refractivity contribution is 6.02. The van der Waals surface area contributed by atoms with Crippen LogP contribution in [0.2, 0.25) is 0 Å². The molecule has 2 aromatic rings. The van der Waals surface area contributed by atoms with E-state index in [1.807, 2.05) is 0 Å². The number of hydrogen-bond acceptors (Lipinski definition) is 9. The number of nitrogens with zero attached hydrogens (tertiary/aromatic N) is 5. The number of likely N-dealkylation sites (tertiary alicyclic amines) is 1. The first-order valence-electron chi connectivity index (χ1n) is 17.0. The molecule has 260 valence electrons. The third-order valence-corrected chi connectivity index (χ3v) is 10.3. The molecule has 1 spiro atoms. The molecule has 1 saturated heterocycles. The predicted octanol–water partition coefficient (Wildman–Crippen LogP) is 5.50. The van der Waals surface area contributed by atoms with Gasteiger partial charge in [-0.3, -0.25) is 9.59 Å². The maximum atomic E-state index is 14.9. The van der Waals surface area contributed by atoms with Gasteiger partial charge in [-0.25, -0.2) is 9.78 Å². The van der Waals surface area contributed by atoms with E-state index in [9.17, 15) is 23.2 Å². The van der Waals surface area contributed by atoms with Crippen molar-refractivity contribution in [3.05, 3.63) is 30.0 Å². The van der Waals surface area contributed by atoms with E-state index in [4.69, 9.17) is 9.47 Å². The molecule has 2 aliphatic carbocycles. The molecule has 1 aromatic heterocycles. The first-order chi connectivity index (χ1) is 23.0. The normalized spacial score (nSPS) is 20.6. The van der Waals surface area contributed by atoms with Gasteiger partial charge in [0.25, 0.3) is 11.8 Å². The van der Waals surface area contributed by atoms with Crippen LogP contribution in [0.1, 0.15) is 81.5 Å². The van der Waals surface area contributed by atoms with E-state index in [-0.39, 0.29) is 47.0 Å². The van der Waals surface area contributed by atoms with Crippen LogP contribution in [0.15, 0.2) is 24.4 Å². The summed E-state index contributed by atoms with van der Waals surface area (Å²) in [6.07, 6.45) is 9.88. The molecular weight excluding hydrogens is 624 g/mol. The Morgan fingerprint density at radius 3 is 2.50 bits per heavy atom. The van der Waals surface area contributed by atoms with Gasteiger partial charge in [0.1, 0.15) is 11.4 Å². The Balaban J connectivity index is 1.09. The van der Waals surface area contributed by atoms with E-state index in [0.717, 1.165) is 69.1 Å². The van der Waals surface area contributed by atoms with Crippen molar-refractivity contribution in [2.45, 2.75) is 89.1 Å². The van der Waals surface area contributed by atoms with Crippen LogP contribution >= 0.6 is 0 Å². The number of hydrogen-bond donors (Lipinski definition) is 2. The van der Waals surface area contributed by atoms with Gasteiger partial charge in [-0.2, -0.15) is 13.8 Å². The van der Waals surface area contributed by atoms with Crippen LogP contribution in [0.5, 0.6) is 5.75 Å². The molecular formula is C34H45F2N7O5. The Kier molecular flexibility index (Phi) is 9.62. The van der Waals surface area contributed by atoms with Crippen LogP contribution in [-0.2, 0) is 9.53 Å². The summed E-state index contributed by atoms with van der Waals surface area (Å²) in [5.74, 6) is -4.25. The SMILES string of the molecule is CCCCOC(=O)N1CC2(CCC(NC(=O)c3ccc(Nc4ncc5c(n4)N(C4CCCC4)CC(F)(F)C(=O)N5C)c(OC)c3)CC2)C1. The Hall–Kier alpha value is -4.23. The number of carbonyl (C=O) groups excluding carboxylic acids is 3. The molecule has 48 heavy (non-hydrogen) atoms. The van der Waals surface area contributed by atoms with E-state index in [2.05, 4.69) is 27.5 Å². The molecule has 0 bridgehead atoms. The summed E-state index contributed by atoms with van der Waals surface area (Å²) in [7, 11) is 2.81. The van der Waals surface area contributed by atoms with E-state index in [1.54, 1.807) is 28.0 Å². The number of ether oxygens (including phenoxy) is 2. The Labute approximate surface area is 279 Å². The predicted molar refractivity (Wildman–Crippen MR) is 176 cm³/mol. The van der Waals surface area contributed by atoms with Crippen LogP contribution < -0.4 is 25.2 Å². The van der Waals surface area contributed by atoms with Gasteiger partial charge in [-0.1, -0.05) is 26.2 Å². The highest BCUT2D eigenvalue weighted by Gasteiger charge is 2.49. The zero-order valence-corrected chi connectivity index (χ0v) is 27.9. The lowest BCUT2D eigenvalue weighted by Crippen LogP contribution is -2.60. The third-order valence-electron chi connectivity index (χ3n) is 10.3. The zero-order chi connectivity index (χ0) is 34.1. The number of benzene rings is 1. The molecule has 3 heterocycles. The monoisotopic (exact) mass is 669 g/mol. The number of anilines is 4. The van der Waals surface area contributed by atoms with Gasteiger partial charge in [0.15, 0.2) is 5.82 Å². The van der Waals surface area contributed by atoms with Gasteiger partial charge in [-0.15, -0.1) is 0 Å². The average molecular weight is 670 g/mol. The summed E-state index contributed by atoms with van der Waals surface area (Å²) < 4.78 is 40.8. The lowest BCUT2D eigenvalue weighted by Gasteiger charge is -2.52. The molecule has 3 amide bonds. The van der Waals surface area contributed by atoms with Crippen molar-refractivity contribution in [1.29, 1.82) is 0 Å². The number of alkyl halides is 2. The number of rotatable bonds is 9.